The van der Waals surface area contributed by atoms with Crippen molar-refractivity contribution in [3.63, 3.8) is 0 Å². The van der Waals surface area contributed by atoms with Gasteiger partial charge in [-0.1, -0.05) is 34.8 Å². The summed E-state index contributed by atoms with van der Waals surface area (Å²) in [5.41, 5.74) is 2.14. The minimum absolute atomic E-state index is 0.494. The molecule has 7 heteroatoms. The molecule has 96 valence electrons. The maximum atomic E-state index is 6.21. The van der Waals surface area contributed by atoms with Crippen molar-refractivity contribution in [3.8, 4) is 5.69 Å². The summed E-state index contributed by atoms with van der Waals surface area (Å²) in [5, 5.41) is 1.61. The van der Waals surface area contributed by atoms with Crippen LogP contribution in [0.15, 0.2) is 30.5 Å². The average molecular weight is 331 g/mol. The number of hydrogen-bond acceptors (Lipinski definition) is 2. The van der Waals surface area contributed by atoms with Crippen molar-refractivity contribution in [3.05, 3.63) is 50.3 Å². The Bertz CT molecular complexity index is 838. The van der Waals surface area contributed by atoms with Gasteiger partial charge in [0.15, 0.2) is 10.4 Å². The van der Waals surface area contributed by atoms with Crippen molar-refractivity contribution >= 4 is 58.2 Å². The number of halogens is 3. The minimum Gasteiger partial charge on any atom is -0.329 e. The van der Waals surface area contributed by atoms with Crippen LogP contribution in [0.5, 0.6) is 0 Å². The van der Waals surface area contributed by atoms with E-state index in [1.54, 1.807) is 35.0 Å². The summed E-state index contributed by atoms with van der Waals surface area (Å²) in [6.45, 7) is 0. The van der Waals surface area contributed by atoms with E-state index < -0.39 is 0 Å². The monoisotopic (exact) mass is 329 g/mol. The highest BCUT2D eigenvalue weighted by Crippen LogP contribution is 2.27. The summed E-state index contributed by atoms with van der Waals surface area (Å²) in [4.78, 5) is 7.33. The van der Waals surface area contributed by atoms with Gasteiger partial charge in [0.05, 0.1) is 21.2 Å². The maximum absolute atomic E-state index is 6.21. The third kappa shape index (κ3) is 2.25. The third-order valence-electron chi connectivity index (χ3n) is 2.64. The number of H-pyrrole nitrogens is 1. The second-order valence-electron chi connectivity index (χ2n) is 3.89. The number of fused-ring (bicyclic) bond motifs is 1. The summed E-state index contributed by atoms with van der Waals surface area (Å²) in [6, 6.07) is 6.97. The molecule has 0 aliphatic rings. The first-order valence-electron chi connectivity index (χ1n) is 5.28. The molecule has 3 aromatic rings. The summed E-state index contributed by atoms with van der Waals surface area (Å²) in [7, 11) is 0. The Morgan fingerprint density at radius 2 is 1.89 bits per heavy atom. The molecule has 2 heterocycles. The smallest absolute Gasteiger partial charge is 0.184 e. The lowest BCUT2D eigenvalue weighted by Crippen LogP contribution is -1.96. The van der Waals surface area contributed by atoms with E-state index in [2.05, 4.69) is 9.97 Å². The first-order valence-corrected chi connectivity index (χ1v) is 6.82. The van der Waals surface area contributed by atoms with Crippen LogP contribution in [0.4, 0.5) is 0 Å². The minimum atomic E-state index is 0.494. The Hall–Kier alpha value is -1.07. The van der Waals surface area contributed by atoms with Crippen LogP contribution in [0, 0.1) is 4.77 Å². The van der Waals surface area contributed by atoms with Gasteiger partial charge in [0.1, 0.15) is 0 Å². The Kier molecular flexibility index (Phi) is 3.27. The molecule has 0 aliphatic carbocycles. The summed E-state index contributed by atoms with van der Waals surface area (Å²) in [6.07, 6.45) is 1.56. The molecule has 0 amide bonds. The Balaban J connectivity index is 2.36. The molecule has 1 aromatic carbocycles. The normalized spacial score (nSPS) is 11.1. The topological polar surface area (TPSA) is 33.6 Å². The fourth-order valence-electron chi connectivity index (χ4n) is 1.86. The van der Waals surface area contributed by atoms with E-state index in [1.165, 1.54) is 0 Å². The highest BCUT2D eigenvalue weighted by molar-refractivity contribution is 7.71. The third-order valence-corrected chi connectivity index (χ3v) is 3.67. The van der Waals surface area contributed by atoms with Crippen molar-refractivity contribution in [1.82, 2.24) is 14.5 Å². The summed E-state index contributed by atoms with van der Waals surface area (Å²) >= 11 is 23.3. The van der Waals surface area contributed by atoms with Crippen molar-refractivity contribution in [1.29, 1.82) is 0 Å². The molecule has 0 saturated heterocycles. The molecular weight excluding hydrogens is 325 g/mol. The van der Waals surface area contributed by atoms with Crippen molar-refractivity contribution in [2.75, 3.05) is 0 Å². The Labute approximate surface area is 128 Å². The van der Waals surface area contributed by atoms with E-state index in [0.717, 1.165) is 11.2 Å². The number of benzene rings is 1. The highest BCUT2D eigenvalue weighted by atomic mass is 35.5. The fraction of sp³-hybridized carbons (Fsp3) is 0. The van der Waals surface area contributed by atoms with Crippen LogP contribution < -0.4 is 0 Å². The van der Waals surface area contributed by atoms with Gasteiger partial charge in [-0.05, 0) is 36.5 Å². The number of pyridine rings is 1. The number of rotatable bonds is 1. The van der Waals surface area contributed by atoms with Crippen LogP contribution in [-0.4, -0.2) is 14.5 Å². The Morgan fingerprint density at radius 3 is 2.63 bits per heavy atom. The zero-order valence-electron chi connectivity index (χ0n) is 9.32. The van der Waals surface area contributed by atoms with E-state index in [0.29, 0.717) is 25.5 Å². The van der Waals surface area contributed by atoms with Crippen LogP contribution >= 0.6 is 47.0 Å². The number of aromatic amines is 1. The molecule has 19 heavy (non-hydrogen) atoms. The van der Waals surface area contributed by atoms with Crippen LogP contribution in [0.3, 0.4) is 0 Å². The number of nitrogens with one attached hydrogen (secondary N) is 1. The fourth-order valence-corrected chi connectivity index (χ4v) is 2.80. The summed E-state index contributed by atoms with van der Waals surface area (Å²) < 4.78 is 2.24. The second-order valence-corrected chi connectivity index (χ2v) is 5.55. The second kappa shape index (κ2) is 4.80. The van der Waals surface area contributed by atoms with E-state index >= 15 is 0 Å². The number of hydrogen-bond donors (Lipinski definition) is 1. The standard InChI is InChI=1S/C12H6Cl3N3S/c13-6-1-2-10(8(15)3-6)18-11-9(17-12(18)19)4-7(14)5-16-11/h1-5H,(H,17,19). The van der Waals surface area contributed by atoms with Gasteiger partial charge in [-0.3, -0.25) is 4.57 Å². The molecule has 1 N–H and O–H groups in total. The average Bonchev–Trinajstić information content (AvgIpc) is 2.65. The predicted octanol–water partition coefficient (Wildman–Crippen LogP) is 5.04. The molecule has 0 bridgehead atoms. The highest BCUT2D eigenvalue weighted by Gasteiger charge is 2.11. The van der Waals surface area contributed by atoms with E-state index in [4.69, 9.17) is 47.0 Å². The maximum Gasteiger partial charge on any atom is 0.184 e. The lowest BCUT2D eigenvalue weighted by molar-refractivity contribution is 1.04. The lowest BCUT2D eigenvalue weighted by atomic mass is 10.3. The number of nitrogens with zero attached hydrogens (tertiary/aromatic N) is 2. The number of aromatic nitrogens is 3. The molecule has 3 nitrogen and oxygen atoms in total. The van der Waals surface area contributed by atoms with E-state index in [-0.39, 0.29) is 0 Å². The molecule has 0 radical (unpaired) electrons. The molecule has 0 saturated carbocycles. The summed E-state index contributed by atoms with van der Waals surface area (Å²) in [5.74, 6) is 0. The van der Waals surface area contributed by atoms with E-state index in [9.17, 15) is 0 Å². The van der Waals surface area contributed by atoms with E-state index in [1.807, 2.05) is 0 Å². The largest absolute Gasteiger partial charge is 0.329 e. The first kappa shape index (κ1) is 12.9. The number of imidazole rings is 1. The van der Waals surface area contributed by atoms with Gasteiger partial charge in [0.2, 0.25) is 0 Å². The molecule has 0 spiro atoms. The van der Waals surface area contributed by atoms with Gasteiger partial charge in [0.25, 0.3) is 0 Å². The van der Waals surface area contributed by atoms with Crippen molar-refractivity contribution in [2.24, 2.45) is 0 Å². The van der Waals surface area contributed by atoms with Gasteiger partial charge < -0.3 is 4.98 Å². The zero-order chi connectivity index (χ0) is 13.6. The molecule has 0 unspecified atom stereocenters. The van der Waals surface area contributed by atoms with Gasteiger partial charge in [-0.15, -0.1) is 0 Å². The van der Waals surface area contributed by atoms with Crippen LogP contribution in [0.1, 0.15) is 0 Å². The van der Waals surface area contributed by atoms with Crippen molar-refractivity contribution < 1.29 is 0 Å². The first-order chi connectivity index (χ1) is 9.06. The Morgan fingerprint density at radius 1 is 1.11 bits per heavy atom. The lowest BCUT2D eigenvalue weighted by Gasteiger charge is -2.06. The quantitative estimate of drug-likeness (QED) is 0.634. The van der Waals surface area contributed by atoms with Gasteiger partial charge in [-0.25, -0.2) is 4.98 Å². The van der Waals surface area contributed by atoms with Crippen LogP contribution in [0.25, 0.3) is 16.9 Å². The molecule has 3 rings (SSSR count). The predicted molar refractivity (Wildman–Crippen MR) is 81.3 cm³/mol. The molecule has 0 atom stereocenters. The zero-order valence-corrected chi connectivity index (χ0v) is 12.4. The van der Waals surface area contributed by atoms with Crippen LogP contribution in [-0.2, 0) is 0 Å². The van der Waals surface area contributed by atoms with Gasteiger partial charge >= 0.3 is 0 Å². The van der Waals surface area contributed by atoms with Crippen molar-refractivity contribution in [2.45, 2.75) is 0 Å². The molecular formula is C12H6Cl3N3S. The van der Waals surface area contributed by atoms with Crippen LogP contribution in [0.2, 0.25) is 15.1 Å². The molecule has 0 fully saturated rings. The molecule has 0 aliphatic heterocycles. The SMILES string of the molecule is S=c1[nH]c2cc(Cl)cnc2n1-c1ccc(Cl)cc1Cl. The van der Waals surface area contributed by atoms with Gasteiger partial charge in [0, 0.05) is 11.2 Å². The van der Waals surface area contributed by atoms with Gasteiger partial charge in [-0.2, -0.15) is 0 Å². The molecule has 2 aromatic heterocycles.